The minimum atomic E-state index is -0.252. The Hall–Kier alpha value is -1.00. The molecule has 1 amide bonds. The molecule has 0 saturated heterocycles. The van der Waals surface area contributed by atoms with Gasteiger partial charge in [-0.15, -0.1) is 0 Å². The molecule has 4 heteroatoms. The van der Waals surface area contributed by atoms with Crippen molar-refractivity contribution in [2.24, 2.45) is 11.7 Å². The van der Waals surface area contributed by atoms with Crippen LogP contribution in [-0.4, -0.2) is 35.9 Å². The number of nitrogens with zero attached hydrogens (tertiary/aromatic N) is 1. The molecule has 3 atom stereocenters. The Kier molecular flexibility index (Phi) is 7.10. The molecule has 0 saturated carbocycles. The Balaban J connectivity index is 2.75. The second kappa shape index (κ2) is 8.32. The Bertz CT molecular complexity index is 410. The standard InChI is InChI=1S/C16H26N2OS/c1-5-14(11-20-4)18(3)16(19)12(2)15(17)13-9-7-6-8-10-13/h6-10,12,14-15H,5,11,17H2,1-4H3. The Morgan fingerprint density at radius 3 is 2.45 bits per heavy atom. The van der Waals surface area contributed by atoms with E-state index in [2.05, 4.69) is 13.2 Å². The monoisotopic (exact) mass is 294 g/mol. The average molecular weight is 294 g/mol. The number of rotatable bonds is 7. The molecule has 0 bridgehead atoms. The van der Waals surface area contributed by atoms with Crippen LogP contribution in [0.4, 0.5) is 0 Å². The smallest absolute Gasteiger partial charge is 0.227 e. The maximum absolute atomic E-state index is 12.6. The highest BCUT2D eigenvalue weighted by Crippen LogP contribution is 2.22. The van der Waals surface area contributed by atoms with Gasteiger partial charge in [0, 0.05) is 24.9 Å². The number of thioether (sulfide) groups is 1. The molecule has 0 aromatic heterocycles. The third-order valence-electron chi connectivity index (χ3n) is 3.84. The van der Waals surface area contributed by atoms with Gasteiger partial charge in [0.25, 0.3) is 0 Å². The van der Waals surface area contributed by atoms with Crippen molar-refractivity contribution < 1.29 is 4.79 Å². The highest BCUT2D eigenvalue weighted by atomic mass is 32.2. The van der Waals surface area contributed by atoms with Crippen LogP contribution in [-0.2, 0) is 4.79 Å². The fraction of sp³-hybridized carbons (Fsp3) is 0.562. The van der Waals surface area contributed by atoms with Crippen LogP contribution < -0.4 is 5.73 Å². The summed E-state index contributed by atoms with van der Waals surface area (Å²) < 4.78 is 0. The van der Waals surface area contributed by atoms with Gasteiger partial charge in [-0.25, -0.2) is 0 Å². The molecule has 3 nitrogen and oxygen atoms in total. The van der Waals surface area contributed by atoms with Gasteiger partial charge in [0.2, 0.25) is 5.91 Å². The first kappa shape index (κ1) is 17.1. The molecule has 0 aliphatic heterocycles. The van der Waals surface area contributed by atoms with Crippen molar-refractivity contribution >= 4 is 17.7 Å². The molecule has 1 rings (SSSR count). The second-order valence-electron chi connectivity index (χ2n) is 5.19. The largest absolute Gasteiger partial charge is 0.342 e. The average Bonchev–Trinajstić information content (AvgIpc) is 2.50. The van der Waals surface area contributed by atoms with Gasteiger partial charge in [-0.1, -0.05) is 44.2 Å². The van der Waals surface area contributed by atoms with Crippen LogP contribution in [0, 0.1) is 5.92 Å². The second-order valence-corrected chi connectivity index (χ2v) is 6.10. The van der Waals surface area contributed by atoms with Crippen molar-refractivity contribution in [3.63, 3.8) is 0 Å². The first-order chi connectivity index (χ1) is 9.52. The van der Waals surface area contributed by atoms with Crippen molar-refractivity contribution in [1.82, 2.24) is 4.90 Å². The van der Waals surface area contributed by atoms with Gasteiger partial charge in [-0.3, -0.25) is 4.79 Å². The fourth-order valence-electron chi connectivity index (χ4n) is 2.31. The van der Waals surface area contributed by atoms with Crippen molar-refractivity contribution in [3.05, 3.63) is 35.9 Å². The summed E-state index contributed by atoms with van der Waals surface area (Å²) in [6.45, 7) is 4.04. The zero-order valence-corrected chi connectivity index (χ0v) is 13.7. The van der Waals surface area contributed by atoms with Crippen molar-refractivity contribution in [2.45, 2.75) is 32.4 Å². The Labute approximate surface area is 126 Å². The van der Waals surface area contributed by atoms with Crippen molar-refractivity contribution in [1.29, 1.82) is 0 Å². The van der Waals surface area contributed by atoms with Gasteiger partial charge in [0.05, 0.1) is 5.92 Å². The molecule has 20 heavy (non-hydrogen) atoms. The molecule has 0 aliphatic rings. The summed E-state index contributed by atoms with van der Waals surface area (Å²) in [7, 11) is 1.89. The summed E-state index contributed by atoms with van der Waals surface area (Å²) in [6, 6.07) is 9.86. The number of hydrogen-bond acceptors (Lipinski definition) is 3. The van der Waals surface area contributed by atoms with Crippen LogP contribution in [0.5, 0.6) is 0 Å². The van der Waals surface area contributed by atoms with Gasteiger partial charge in [-0.2, -0.15) is 11.8 Å². The summed E-state index contributed by atoms with van der Waals surface area (Å²) in [5.41, 5.74) is 7.25. The Morgan fingerprint density at radius 1 is 1.35 bits per heavy atom. The maximum atomic E-state index is 12.6. The van der Waals surface area contributed by atoms with Crippen LogP contribution in [0.1, 0.15) is 31.9 Å². The summed E-state index contributed by atoms with van der Waals surface area (Å²) in [5, 5.41) is 0. The number of amides is 1. The minimum Gasteiger partial charge on any atom is -0.342 e. The van der Waals surface area contributed by atoms with E-state index in [1.165, 1.54) is 0 Å². The first-order valence-corrected chi connectivity index (χ1v) is 8.48. The zero-order valence-electron chi connectivity index (χ0n) is 12.9. The van der Waals surface area contributed by atoms with Crippen LogP contribution >= 0.6 is 11.8 Å². The molecule has 112 valence electrons. The molecular formula is C16H26N2OS. The van der Waals surface area contributed by atoms with Crippen LogP contribution in [0.3, 0.4) is 0 Å². The lowest BCUT2D eigenvalue weighted by atomic mass is 9.94. The van der Waals surface area contributed by atoms with E-state index in [-0.39, 0.29) is 23.9 Å². The van der Waals surface area contributed by atoms with E-state index < -0.39 is 0 Å². The van der Waals surface area contributed by atoms with E-state index in [9.17, 15) is 4.79 Å². The summed E-state index contributed by atoms with van der Waals surface area (Å²) in [4.78, 5) is 14.4. The Morgan fingerprint density at radius 2 is 1.95 bits per heavy atom. The van der Waals surface area contributed by atoms with E-state index in [1.807, 2.05) is 49.2 Å². The molecule has 1 aromatic carbocycles. The van der Waals surface area contributed by atoms with E-state index in [4.69, 9.17) is 5.73 Å². The predicted octanol–water partition coefficient (Wildman–Crippen LogP) is 2.92. The highest BCUT2D eigenvalue weighted by molar-refractivity contribution is 7.98. The van der Waals surface area contributed by atoms with Gasteiger partial charge in [0.1, 0.15) is 0 Å². The third kappa shape index (κ3) is 4.25. The summed E-state index contributed by atoms with van der Waals surface area (Å²) in [6.07, 6.45) is 3.04. The molecule has 3 unspecified atom stereocenters. The normalized spacial score (nSPS) is 15.4. The van der Waals surface area contributed by atoms with Gasteiger partial charge in [-0.05, 0) is 18.2 Å². The highest BCUT2D eigenvalue weighted by Gasteiger charge is 2.27. The van der Waals surface area contributed by atoms with Crippen molar-refractivity contribution in [2.75, 3.05) is 19.1 Å². The first-order valence-electron chi connectivity index (χ1n) is 7.09. The lowest BCUT2D eigenvalue weighted by Crippen LogP contribution is -2.43. The molecule has 2 N–H and O–H groups in total. The van der Waals surface area contributed by atoms with E-state index in [0.29, 0.717) is 0 Å². The number of carbonyl (C=O) groups excluding carboxylic acids is 1. The van der Waals surface area contributed by atoms with Gasteiger partial charge >= 0.3 is 0 Å². The topological polar surface area (TPSA) is 46.3 Å². The third-order valence-corrected chi connectivity index (χ3v) is 4.56. The van der Waals surface area contributed by atoms with Crippen molar-refractivity contribution in [3.8, 4) is 0 Å². The predicted molar refractivity (Wildman–Crippen MR) is 87.8 cm³/mol. The van der Waals surface area contributed by atoms with E-state index in [0.717, 1.165) is 17.7 Å². The van der Waals surface area contributed by atoms with Gasteiger partial charge < -0.3 is 10.6 Å². The van der Waals surface area contributed by atoms with E-state index in [1.54, 1.807) is 11.8 Å². The molecule has 0 fully saturated rings. The number of carbonyl (C=O) groups is 1. The zero-order chi connectivity index (χ0) is 15.1. The summed E-state index contributed by atoms with van der Waals surface area (Å²) >= 11 is 1.77. The lowest BCUT2D eigenvalue weighted by molar-refractivity contribution is -0.136. The molecular weight excluding hydrogens is 268 g/mol. The van der Waals surface area contributed by atoms with E-state index >= 15 is 0 Å². The van der Waals surface area contributed by atoms with Crippen LogP contribution in [0.2, 0.25) is 0 Å². The summed E-state index contributed by atoms with van der Waals surface area (Å²) in [5.74, 6) is 0.882. The number of benzene rings is 1. The molecule has 1 aromatic rings. The fourth-order valence-corrected chi connectivity index (χ4v) is 3.16. The molecule has 0 spiro atoms. The SMILES string of the molecule is CCC(CSC)N(C)C(=O)C(C)C(N)c1ccccc1. The maximum Gasteiger partial charge on any atom is 0.227 e. The van der Waals surface area contributed by atoms with Crippen LogP contribution in [0.15, 0.2) is 30.3 Å². The molecule has 0 radical (unpaired) electrons. The quantitative estimate of drug-likeness (QED) is 0.841. The van der Waals surface area contributed by atoms with Crippen LogP contribution in [0.25, 0.3) is 0 Å². The molecule has 0 aliphatic carbocycles. The molecule has 0 heterocycles. The number of hydrogen-bond donors (Lipinski definition) is 1. The lowest BCUT2D eigenvalue weighted by Gasteiger charge is -2.31. The van der Waals surface area contributed by atoms with Gasteiger partial charge in [0.15, 0.2) is 0 Å². The minimum absolute atomic E-state index is 0.127. The number of nitrogens with two attached hydrogens (primary N) is 1.